The van der Waals surface area contributed by atoms with Gasteiger partial charge in [0.1, 0.15) is 11.4 Å². The average Bonchev–Trinajstić information content (AvgIpc) is 2.79. The molecule has 190 valence electrons. The fraction of sp³-hybridized carbons (Fsp3) is 0.654. The number of fused-ring (bicyclic) bond motifs is 1. The molecule has 3 N–H and O–H groups in total. The number of nitrogens with one attached hydrogen (secondary N) is 3. The number of hydrogen-bond donors (Lipinski definition) is 3. The number of nitrogens with zero attached hydrogens (tertiary/aromatic N) is 3. The van der Waals surface area contributed by atoms with Crippen molar-refractivity contribution in [2.24, 2.45) is 0 Å². The van der Waals surface area contributed by atoms with E-state index in [0.29, 0.717) is 12.5 Å². The lowest BCUT2D eigenvalue weighted by Gasteiger charge is -2.19. The van der Waals surface area contributed by atoms with Crippen LogP contribution in [-0.4, -0.2) is 65.8 Å². The summed E-state index contributed by atoms with van der Waals surface area (Å²) in [5.74, 6) is 1.55. The highest BCUT2D eigenvalue weighted by molar-refractivity contribution is 5.90. The molecule has 0 fully saturated rings. The van der Waals surface area contributed by atoms with Gasteiger partial charge in [-0.15, -0.1) is 0 Å². The van der Waals surface area contributed by atoms with Crippen molar-refractivity contribution in [2.45, 2.75) is 72.3 Å². The summed E-state index contributed by atoms with van der Waals surface area (Å²) in [6.45, 7) is 15.6. The Hall–Kier alpha value is -2.61. The van der Waals surface area contributed by atoms with Gasteiger partial charge in [0.25, 0.3) is 0 Å². The summed E-state index contributed by atoms with van der Waals surface area (Å²) in [5.41, 5.74) is 0.487. The van der Waals surface area contributed by atoms with Gasteiger partial charge in [0.15, 0.2) is 0 Å². The third-order valence-electron chi connectivity index (χ3n) is 5.50. The Morgan fingerprint density at radius 1 is 0.912 bits per heavy atom. The summed E-state index contributed by atoms with van der Waals surface area (Å²) in [7, 11) is 0. The van der Waals surface area contributed by atoms with Crippen LogP contribution in [0.15, 0.2) is 24.3 Å². The SMILES string of the molecule is CCN(CC)CCCNc1nc(NCCCCCCNC(=O)OC(C)(C)C)nc2ccccc12. The monoisotopic (exact) mass is 472 g/mol. The number of rotatable bonds is 15. The molecule has 1 heterocycles. The standard InChI is InChI=1S/C26H44N6O2/c1-6-32(7-2)20-14-19-27-23-21-15-10-11-16-22(21)30-24(31-23)28-17-12-8-9-13-18-29-25(33)34-26(3,4)5/h10-11,15-16H,6-9,12-14,17-20H2,1-5H3,(H,29,33)(H2,27,28,30,31). The molecule has 1 amide bonds. The van der Waals surface area contributed by atoms with Gasteiger partial charge in [-0.2, -0.15) is 4.98 Å². The Balaban J connectivity index is 1.73. The van der Waals surface area contributed by atoms with Crippen molar-refractivity contribution in [3.8, 4) is 0 Å². The Morgan fingerprint density at radius 2 is 1.59 bits per heavy atom. The number of alkyl carbamates (subject to hydrolysis) is 1. The predicted molar refractivity (Wildman–Crippen MR) is 142 cm³/mol. The van der Waals surface area contributed by atoms with Crippen LogP contribution in [0.1, 0.15) is 66.7 Å². The van der Waals surface area contributed by atoms with E-state index in [1.54, 1.807) is 0 Å². The van der Waals surface area contributed by atoms with Crippen LogP contribution in [0, 0.1) is 0 Å². The normalized spacial score (nSPS) is 11.6. The predicted octanol–water partition coefficient (Wildman–Crippen LogP) is 5.27. The van der Waals surface area contributed by atoms with Crippen LogP contribution in [-0.2, 0) is 4.74 Å². The minimum atomic E-state index is -0.457. The van der Waals surface area contributed by atoms with Crippen LogP contribution in [0.2, 0.25) is 0 Å². The van der Waals surface area contributed by atoms with Crippen molar-refractivity contribution in [1.82, 2.24) is 20.2 Å². The molecule has 8 nitrogen and oxygen atoms in total. The van der Waals surface area contributed by atoms with E-state index in [9.17, 15) is 4.79 Å². The van der Waals surface area contributed by atoms with Gasteiger partial charge in [-0.3, -0.25) is 0 Å². The van der Waals surface area contributed by atoms with E-state index in [0.717, 1.165) is 81.5 Å². The first-order valence-corrected chi connectivity index (χ1v) is 12.8. The van der Waals surface area contributed by atoms with Gasteiger partial charge in [-0.1, -0.05) is 38.8 Å². The highest BCUT2D eigenvalue weighted by Gasteiger charge is 2.15. The van der Waals surface area contributed by atoms with Gasteiger partial charge in [-0.25, -0.2) is 9.78 Å². The Morgan fingerprint density at radius 3 is 2.29 bits per heavy atom. The Labute approximate surface area is 205 Å². The Kier molecular flexibility index (Phi) is 11.9. The minimum absolute atomic E-state index is 0.347. The summed E-state index contributed by atoms with van der Waals surface area (Å²) in [6, 6.07) is 8.13. The molecule has 0 aliphatic rings. The molecule has 0 aliphatic heterocycles. The second kappa shape index (κ2) is 14.6. The highest BCUT2D eigenvalue weighted by atomic mass is 16.6. The number of amides is 1. The molecule has 2 rings (SSSR count). The van der Waals surface area contributed by atoms with E-state index in [1.165, 1.54) is 0 Å². The van der Waals surface area contributed by atoms with E-state index >= 15 is 0 Å². The third-order valence-corrected chi connectivity index (χ3v) is 5.50. The van der Waals surface area contributed by atoms with Crippen molar-refractivity contribution in [2.75, 3.05) is 49.9 Å². The topological polar surface area (TPSA) is 91.4 Å². The number of ether oxygens (including phenoxy) is 1. The molecule has 8 heteroatoms. The lowest BCUT2D eigenvalue weighted by atomic mass is 10.2. The molecule has 0 atom stereocenters. The number of aromatic nitrogens is 2. The fourth-order valence-corrected chi connectivity index (χ4v) is 3.65. The average molecular weight is 473 g/mol. The molecule has 0 radical (unpaired) electrons. The van der Waals surface area contributed by atoms with Crippen molar-refractivity contribution >= 4 is 28.8 Å². The van der Waals surface area contributed by atoms with Gasteiger partial charge in [0.05, 0.1) is 5.52 Å². The quantitative estimate of drug-likeness (QED) is 0.304. The first-order valence-electron chi connectivity index (χ1n) is 12.8. The molecule has 0 unspecified atom stereocenters. The van der Waals surface area contributed by atoms with Gasteiger partial charge in [0.2, 0.25) is 5.95 Å². The molecule has 34 heavy (non-hydrogen) atoms. The van der Waals surface area contributed by atoms with Crippen LogP contribution >= 0.6 is 0 Å². The van der Waals surface area contributed by atoms with Gasteiger partial charge in [-0.05, 0) is 71.8 Å². The van der Waals surface area contributed by atoms with Crippen molar-refractivity contribution < 1.29 is 9.53 Å². The fourth-order valence-electron chi connectivity index (χ4n) is 3.65. The van der Waals surface area contributed by atoms with Crippen LogP contribution in [0.5, 0.6) is 0 Å². The summed E-state index contributed by atoms with van der Waals surface area (Å²) in [5, 5.41) is 10.8. The minimum Gasteiger partial charge on any atom is -0.444 e. The molecule has 0 spiro atoms. The highest BCUT2D eigenvalue weighted by Crippen LogP contribution is 2.22. The molecule has 2 aromatic rings. The first-order chi connectivity index (χ1) is 16.3. The van der Waals surface area contributed by atoms with Crippen LogP contribution in [0.4, 0.5) is 16.6 Å². The second-order valence-electron chi connectivity index (χ2n) is 9.49. The first kappa shape index (κ1) is 27.6. The molecule has 0 saturated heterocycles. The maximum absolute atomic E-state index is 11.6. The number of carbonyl (C=O) groups excluding carboxylic acids is 1. The van der Waals surface area contributed by atoms with Gasteiger partial charge >= 0.3 is 6.09 Å². The molecule has 1 aromatic carbocycles. The lowest BCUT2D eigenvalue weighted by molar-refractivity contribution is 0.0527. The molecule has 1 aromatic heterocycles. The van der Waals surface area contributed by atoms with E-state index < -0.39 is 5.60 Å². The van der Waals surface area contributed by atoms with Gasteiger partial charge in [0, 0.05) is 25.0 Å². The zero-order valence-corrected chi connectivity index (χ0v) is 21.7. The van der Waals surface area contributed by atoms with E-state index in [-0.39, 0.29) is 6.09 Å². The van der Waals surface area contributed by atoms with Crippen LogP contribution < -0.4 is 16.0 Å². The van der Waals surface area contributed by atoms with Crippen molar-refractivity contribution in [1.29, 1.82) is 0 Å². The molecular weight excluding hydrogens is 428 g/mol. The van der Waals surface area contributed by atoms with Crippen molar-refractivity contribution in [3.63, 3.8) is 0 Å². The van der Waals surface area contributed by atoms with E-state index in [2.05, 4.69) is 45.7 Å². The summed E-state index contributed by atoms with van der Waals surface area (Å²) >= 11 is 0. The maximum Gasteiger partial charge on any atom is 0.407 e. The molecule has 0 saturated carbocycles. The smallest absolute Gasteiger partial charge is 0.407 e. The van der Waals surface area contributed by atoms with E-state index in [1.807, 2.05) is 39.0 Å². The maximum atomic E-state index is 11.6. The number of carbonyl (C=O) groups is 1. The summed E-state index contributed by atoms with van der Waals surface area (Å²) < 4.78 is 5.24. The van der Waals surface area contributed by atoms with E-state index in [4.69, 9.17) is 9.72 Å². The number of unbranched alkanes of at least 4 members (excludes halogenated alkanes) is 3. The third kappa shape index (κ3) is 10.5. The zero-order chi connectivity index (χ0) is 24.8. The van der Waals surface area contributed by atoms with Crippen LogP contribution in [0.25, 0.3) is 10.9 Å². The largest absolute Gasteiger partial charge is 0.444 e. The Bertz CT molecular complexity index is 864. The zero-order valence-electron chi connectivity index (χ0n) is 21.7. The van der Waals surface area contributed by atoms with Gasteiger partial charge < -0.3 is 25.6 Å². The lowest BCUT2D eigenvalue weighted by Crippen LogP contribution is -2.32. The molecule has 0 bridgehead atoms. The summed E-state index contributed by atoms with van der Waals surface area (Å²) in [6.07, 6.45) is 4.82. The number of hydrogen-bond acceptors (Lipinski definition) is 7. The second-order valence-corrected chi connectivity index (χ2v) is 9.49. The van der Waals surface area contributed by atoms with Crippen LogP contribution in [0.3, 0.4) is 0 Å². The number of anilines is 2. The molecular formula is C26H44N6O2. The van der Waals surface area contributed by atoms with Crippen molar-refractivity contribution in [3.05, 3.63) is 24.3 Å². The summed E-state index contributed by atoms with van der Waals surface area (Å²) in [4.78, 5) is 23.5. The number of benzene rings is 1. The molecule has 0 aliphatic carbocycles. The number of para-hydroxylation sites is 1.